The molecular weight excluding hydrogens is 279 g/mol. The van der Waals surface area contributed by atoms with E-state index >= 15 is 0 Å². The van der Waals surface area contributed by atoms with E-state index in [1.165, 1.54) is 25.0 Å². The zero-order valence-electron chi connectivity index (χ0n) is 10.9. The molecule has 1 aromatic rings. The number of rotatable bonds is 5. The van der Waals surface area contributed by atoms with Gasteiger partial charge in [0.25, 0.3) is 0 Å². The average Bonchev–Trinajstić information content (AvgIpc) is 3.28. The van der Waals surface area contributed by atoms with Crippen LogP contribution in [0.25, 0.3) is 0 Å². The van der Waals surface area contributed by atoms with Crippen LogP contribution in [-0.2, 0) is 10.0 Å². The predicted octanol–water partition coefficient (Wildman–Crippen LogP) is 2.17. The summed E-state index contributed by atoms with van der Waals surface area (Å²) in [5.41, 5.74) is -0.302. The van der Waals surface area contributed by atoms with Gasteiger partial charge in [0, 0.05) is 6.54 Å². The lowest BCUT2D eigenvalue weighted by Gasteiger charge is -2.15. The molecule has 4 nitrogen and oxygen atoms in total. The summed E-state index contributed by atoms with van der Waals surface area (Å²) in [7, 11) is -3.84. The second kappa shape index (κ2) is 4.54. The third kappa shape index (κ3) is 2.32. The van der Waals surface area contributed by atoms with Crippen molar-refractivity contribution in [3.05, 3.63) is 29.6 Å². The predicted molar refractivity (Wildman–Crippen MR) is 70.7 cm³/mol. The van der Waals surface area contributed by atoms with Gasteiger partial charge in [-0.1, -0.05) is 6.07 Å². The maximum Gasteiger partial charge on any atom is 0.242 e. The summed E-state index contributed by atoms with van der Waals surface area (Å²) in [6.45, 7) is 0.390. The smallest absolute Gasteiger partial charge is 0.211 e. The first-order valence-corrected chi connectivity index (χ1v) is 8.15. The number of hydrogen-bond acceptors (Lipinski definition) is 3. The van der Waals surface area contributed by atoms with Gasteiger partial charge in [0.05, 0.1) is 0 Å². The van der Waals surface area contributed by atoms with Crippen molar-refractivity contribution in [2.45, 2.75) is 30.6 Å². The minimum Gasteiger partial charge on any atom is -0.211 e. The van der Waals surface area contributed by atoms with Crippen LogP contribution in [0.4, 0.5) is 4.39 Å². The lowest BCUT2D eigenvalue weighted by molar-refractivity contribution is 0.431. The summed E-state index contributed by atoms with van der Waals surface area (Å²) in [5, 5.41) is 8.92. The van der Waals surface area contributed by atoms with E-state index < -0.39 is 21.4 Å². The molecule has 0 atom stereocenters. The first kappa shape index (κ1) is 13.5. The fourth-order valence-corrected chi connectivity index (χ4v) is 4.04. The quantitative estimate of drug-likeness (QED) is 0.904. The number of nitrogens with one attached hydrogen (secondary N) is 1. The Morgan fingerprint density at radius 2 is 2.10 bits per heavy atom. The van der Waals surface area contributed by atoms with Gasteiger partial charge in [0.15, 0.2) is 0 Å². The first-order chi connectivity index (χ1) is 9.48. The van der Waals surface area contributed by atoms with Gasteiger partial charge >= 0.3 is 0 Å². The van der Waals surface area contributed by atoms with Crippen molar-refractivity contribution >= 4 is 10.0 Å². The highest BCUT2D eigenvalue weighted by Crippen LogP contribution is 2.60. The molecule has 2 fully saturated rings. The van der Waals surface area contributed by atoms with Crippen molar-refractivity contribution in [1.29, 1.82) is 5.26 Å². The fourth-order valence-electron chi connectivity index (χ4n) is 2.74. The molecule has 2 aliphatic carbocycles. The molecule has 20 heavy (non-hydrogen) atoms. The number of sulfonamides is 1. The number of nitrogens with zero attached hydrogens (tertiary/aromatic N) is 1. The minimum atomic E-state index is -3.84. The van der Waals surface area contributed by atoms with E-state index in [1.54, 1.807) is 6.07 Å². The Hall–Kier alpha value is -1.45. The Labute approximate surface area is 117 Å². The summed E-state index contributed by atoms with van der Waals surface area (Å²) >= 11 is 0. The zero-order valence-corrected chi connectivity index (χ0v) is 11.7. The monoisotopic (exact) mass is 294 g/mol. The maximum atomic E-state index is 13.5. The third-order valence-electron chi connectivity index (χ3n) is 4.33. The molecule has 2 aliphatic rings. The summed E-state index contributed by atoms with van der Waals surface area (Å²) in [5.74, 6) is -0.174. The molecule has 0 amide bonds. The SMILES string of the molecule is N#Cc1c(F)cccc1S(=O)(=O)NCC1(C2CC2)CC1. The van der Waals surface area contributed by atoms with Crippen molar-refractivity contribution in [3.63, 3.8) is 0 Å². The highest BCUT2D eigenvalue weighted by atomic mass is 32.2. The van der Waals surface area contributed by atoms with Crippen LogP contribution in [0.1, 0.15) is 31.2 Å². The fraction of sp³-hybridized carbons (Fsp3) is 0.500. The highest BCUT2D eigenvalue weighted by molar-refractivity contribution is 7.89. The molecule has 0 radical (unpaired) electrons. The van der Waals surface area contributed by atoms with Crippen LogP contribution in [0.15, 0.2) is 23.1 Å². The summed E-state index contributed by atoms with van der Waals surface area (Å²) in [6, 6.07) is 5.28. The average molecular weight is 294 g/mol. The first-order valence-electron chi connectivity index (χ1n) is 6.67. The normalized spacial score (nSPS) is 20.4. The second-order valence-corrected chi connectivity index (χ2v) is 7.42. The van der Waals surface area contributed by atoms with Gasteiger partial charge < -0.3 is 0 Å². The number of hydrogen-bond donors (Lipinski definition) is 1. The molecule has 0 aliphatic heterocycles. The topological polar surface area (TPSA) is 70.0 Å². The largest absolute Gasteiger partial charge is 0.242 e. The van der Waals surface area contributed by atoms with Crippen LogP contribution in [0, 0.1) is 28.5 Å². The van der Waals surface area contributed by atoms with E-state index in [4.69, 9.17) is 5.26 Å². The zero-order chi connectivity index (χ0) is 14.4. The standard InChI is InChI=1S/C14H15FN2O2S/c15-12-2-1-3-13(11(12)8-16)20(18,19)17-9-14(6-7-14)10-4-5-10/h1-3,10,17H,4-7,9H2. The molecule has 1 aromatic carbocycles. The van der Waals surface area contributed by atoms with E-state index in [9.17, 15) is 12.8 Å². The van der Waals surface area contributed by atoms with Crippen LogP contribution in [-0.4, -0.2) is 15.0 Å². The lowest BCUT2D eigenvalue weighted by Crippen LogP contribution is -2.31. The van der Waals surface area contributed by atoms with Crippen LogP contribution < -0.4 is 4.72 Å². The molecule has 0 bridgehead atoms. The lowest BCUT2D eigenvalue weighted by atomic mass is 10.0. The van der Waals surface area contributed by atoms with Crippen LogP contribution in [0.2, 0.25) is 0 Å². The molecule has 0 spiro atoms. The van der Waals surface area contributed by atoms with E-state index in [0.717, 1.165) is 18.9 Å². The molecule has 0 aromatic heterocycles. The van der Waals surface area contributed by atoms with Gasteiger partial charge in [-0.2, -0.15) is 5.26 Å². The summed E-state index contributed by atoms with van der Waals surface area (Å²) < 4.78 is 40.6. The van der Waals surface area contributed by atoms with E-state index in [0.29, 0.717) is 12.5 Å². The van der Waals surface area contributed by atoms with Crippen LogP contribution in [0.5, 0.6) is 0 Å². The number of benzene rings is 1. The van der Waals surface area contributed by atoms with E-state index in [-0.39, 0.29) is 10.3 Å². The number of nitriles is 1. The van der Waals surface area contributed by atoms with Gasteiger partial charge in [0.2, 0.25) is 10.0 Å². The third-order valence-corrected chi connectivity index (χ3v) is 5.77. The van der Waals surface area contributed by atoms with Crippen molar-refractivity contribution in [3.8, 4) is 6.07 Å². The molecule has 0 saturated heterocycles. The molecule has 6 heteroatoms. The molecule has 0 unspecified atom stereocenters. The van der Waals surface area contributed by atoms with Crippen LogP contribution >= 0.6 is 0 Å². The Bertz CT molecular complexity index is 686. The molecule has 3 rings (SSSR count). The van der Waals surface area contributed by atoms with Crippen molar-refractivity contribution in [1.82, 2.24) is 4.72 Å². The second-order valence-electron chi connectivity index (χ2n) is 5.69. The Morgan fingerprint density at radius 1 is 1.40 bits per heavy atom. The molecule has 0 heterocycles. The highest BCUT2D eigenvalue weighted by Gasteiger charge is 2.53. The summed E-state index contributed by atoms with van der Waals surface area (Å²) in [4.78, 5) is -0.272. The Kier molecular flexibility index (Phi) is 3.07. The molecule has 2 saturated carbocycles. The Balaban J connectivity index is 1.82. The van der Waals surface area contributed by atoms with Crippen molar-refractivity contribution in [2.24, 2.45) is 11.3 Å². The number of halogens is 1. The van der Waals surface area contributed by atoms with Gasteiger partial charge in [-0.25, -0.2) is 17.5 Å². The van der Waals surface area contributed by atoms with Gasteiger partial charge in [-0.3, -0.25) is 0 Å². The molecular formula is C14H15FN2O2S. The molecule has 1 N–H and O–H groups in total. The van der Waals surface area contributed by atoms with Gasteiger partial charge in [-0.15, -0.1) is 0 Å². The molecule has 106 valence electrons. The van der Waals surface area contributed by atoms with E-state index in [2.05, 4.69) is 4.72 Å². The van der Waals surface area contributed by atoms with Crippen molar-refractivity contribution in [2.75, 3.05) is 6.54 Å². The van der Waals surface area contributed by atoms with Crippen LogP contribution in [0.3, 0.4) is 0 Å². The van der Waals surface area contributed by atoms with Gasteiger partial charge in [-0.05, 0) is 49.1 Å². The summed E-state index contributed by atoms with van der Waals surface area (Å²) in [6.07, 6.45) is 4.44. The maximum absolute atomic E-state index is 13.5. The van der Waals surface area contributed by atoms with Crippen molar-refractivity contribution < 1.29 is 12.8 Å². The van der Waals surface area contributed by atoms with Gasteiger partial charge in [0.1, 0.15) is 22.3 Å². The Morgan fingerprint density at radius 3 is 2.65 bits per heavy atom. The van der Waals surface area contributed by atoms with E-state index in [1.807, 2.05) is 0 Å². The minimum absolute atomic E-state index is 0.118.